The molecule has 0 spiro atoms. The average molecular weight is 417 g/mol. The molecule has 0 bridgehead atoms. The van der Waals surface area contributed by atoms with E-state index in [1.165, 1.54) is 68.5 Å². The second kappa shape index (κ2) is 8.10. The van der Waals surface area contributed by atoms with Crippen molar-refractivity contribution >= 4 is 0 Å². The van der Waals surface area contributed by atoms with E-state index in [0.29, 0.717) is 0 Å². The van der Waals surface area contributed by atoms with Gasteiger partial charge in [0.25, 0.3) is 0 Å². The van der Waals surface area contributed by atoms with Crippen molar-refractivity contribution < 1.29 is 0 Å². The Balaban J connectivity index is 1.94. The van der Waals surface area contributed by atoms with Gasteiger partial charge in [0.1, 0.15) is 0 Å². The third kappa shape index (κ3) is 3.13. The Labute approximate surface area is 193 Å². The molecular formula is C32H32. The topological polar surface area (TPSA) is 0 Å². The summed E-state index contributed by atoms with van der Waals surface area (Å²) in [6, 6.07) is 32.5. The van der Waals surface area contributed by atoms with Gasteiger partial charge < -0.3 is 0 Å². The summed E-state index contributed by atoms with van der Waals surface area (Å²) in [6.07, 6.45) is 3.53. The number of unbranched alkanes of at least 4 members (excludes halogenated alkanes) is 1. The average Bonchev–Trinajstić information content (AvgIpc) is 3.07. The van der Waals surface area contributed by atoms with E-state index in [-0.39, 0.29) is 5.41 Å². The molecule has 0 fully saturated rings. The minimum Gasteiger partial charge on any atom is -0.0654 e. The Morgan fingerprint density at radius 3 is 1.75 bits per heavy atom. The molecule has 0 nitrogen and oxygen atoms in total. The van der Waals surface area contributed by atoms with Crippen LogP contribution in [0.5, 0.6) is 0 Å². The first kappa shape index (κ1) is 20.8. The molecule has 0 aromatic heterocycles. The van der Waals surface area contributed by atoms with Crippen LogP contribution in [0.15, 0.2) is 84.9 Å². The van der Waals surface area contributed by atoms with Gasteiger partial charge in [-0.2, -0.15) is 0 Å². The number of benzene rings is 4. The van der Waals surface area contributed by atoms with Crippen molar-refractivity contribution in [2.75, 3.05) is 0 Å². The minimum atomic E-state index is -0.291. The summed E-state index contributed by atoms with van der Waals surface area (Å²) in [5.41, 5.74) is 13.5. The molecule has 0 aliphatic heterocycles. The maximum absolute atomic E-state index is 2.43. The Morgan fingerprint density at radius 2 is 1.16 bits per heavy atom. The molecule has 1 aliphatic carbocycles. The highest BCUT2D eigenvalue weighted by Crippen LogP contribution is 2.57. The Bertz CT molecular complexity index is 1220. The zero-order chi connectivity index (χ0) is 22.3. The molecule has 1 aliphatic rings. The van der Waals surface area contributed by atoms with Crippen molar-refractivity contribution in [3.63, 3.8) is 0 Å². The van der Waals surface area contributed by atoms with E-state index in [2.05, 4.69) is 113 Å². The van der Waals surface area contributed by atoms with Crippen LogP contribution in [-0.2, 0) is 11.8 Å². The quantitative estimate of drug-likeness (QED) is 0.270. The number of rotatable bonds is 5. The third-order valence-corrected chi connectivity index (χ3v) is 7.15. The lowest BCUT2D eigenvalue weighted by Crippen LogP contribution is -2.30. The summed E-state index contributed by atoms with van der Waals surface area (Å²) >= 11 is 0. The van der Waals surface area contributed by atoms with Crippen molar-refractivity contribution in [1.82, 2.24) is 0 Å². The van der Waals surface area contributed by atoms with Crippen LogP contribution in [0.2, 0.25) is 0 Å². The van der Waals surface area contributed by atoms with Crippen molar-refractivity contribution in [3.05, 3.63) is 129 Å². The van der Waals surface area contributed by atoms with Crippen LogP contribution in [0.4, 0.5) is 0 Å². The van der Waals surface area contributed by atoms with Crippen LogP contribution in [0.1, 0.15) is 64.3 Å². The summed E-state index contributed by atoms with van der Waals surface area (Å²) in [7, 11) is 0. The molecule has 4 aromatic rings. The van der Waals surface area contributed by atoms with E-state index in [1.54, 1.807) is 0 Å². The maximum atomic E-state index is 2.43. The molecule has 0 atom stereocenters. The molecule has 32 heavy (non-hydrogen) atoms. The molecule has 0 saturated heterocycles. The lowest BCUT2D eigenvalue weighted by Gasteiger charge is -2.36. The second-order valence-corrected chi connectivity index (χ2v) is 9.47. The van der Waals surface area contributed by atoms with E-state index in [0.717, 1.165) is 6.42 Å². The molecule has 0 heteroatoms. The normalized spacial score (nSPS) is 13.6. The van der Waals surface area contributed by atoms with E-state index < -0.39 is 0 Å². The zero-order valence-corrected chi connectivity index (χ0v) is 19.7. The molecule has 160 valence electrons. The van der Waals surface area contributed by atoms with Crippen LogP contribution < -0.4 is 0 Å². The van der Waals surface area contributed by atoms with Gasteiger partial charge in [0.2, 0.25) is 0 Å². The van der Waals surface area contributed by atoms with Gasteiger partial charge in [0, 0.05) is 0 Å². The van der Waals surface area contributed by atoms with Crippen molar-refractivity contribution in [2.24, 2.45) is 0 Å². The van der Waals surface area contributed by atoms with Gasteiger partial charge in [0.15, 0.2) is 0 Å². The van der Waals surface area contributed by atoms with E-state index in [4.69, 9.17) is 0 Å². The predicted molar refractivity (Wildman–Crippen MR) is 137 cm³/mol. The fraction of sp³-hybridized carbons (Fsp3) is 0.250. The summed E-state index contributed by atoms with van der Waals surface area (Å²) < 4.78 is 0. The Kier molecular flexibility index (Phi) is 5.25. The summed E-state index contributed by atoms with van der Waals surface area (Å²) in [5.74, 6) is 0. The highest BCUT2D eigenvalue weighted by Gasteiger charge is 2.47. The number of hydrogen-bond acceptors (Lipinski definition) is 0. The molecule has 5 rings (SSSR count). The van der Waals surface area contributed by atoms with Crippen molar-refractivity contribution in [1.29, 1.82) is 0 Å². The second-order valence-electron chi connectivity index (χ2n) is 9.47. The smallest absolute Gasteiger partial charge is 0.0654 e. The van der Waals surface area contributed by atoms with Crippen molar-refractivity contribution in [3.8, 4) is 11.1 Å². The number of fused-ring (bicyclic) bond motifs is 3. The standard InChI is InChI=1S/C32H32/c1-5-6-9-25-10-7-8-11-29(25)32(26-16-12-22(2)13-17-26)30-20-23(3)14-18-27(30)28-19-15-24(4)21-31(28)32/h7-8,10-21H,5-6,9H2,1-4H3. The largest absolute Gasteiger partial charge is 0.0716 e. The van der Waals surface area contributed by atoms with Crippen LogP contribution in [-0.4, -0.2) is 0 Å². The van der Waals surface area contributed by atoms with Crippen LogP contribution >= 0.6 is 0 Å². The fourth-order valence-corrected chi connectivity index (χ4v) is 5.58. The van der Waals surface area contributed by atoms with E-state index >= 15 is 0 Å². The lowest BCUT2D eigenvalue weighted by atomic mass is 9.65. The van der Waals surface area contributed by atoms with E-state index in [9.17, 15) is 0 Å². The molecule has 0 radical (unpaired) electrons. The van der Waals surface area contributed by atoms with Crippen LogP contribution in [0.25, 0.3) is 11.1 Å². The molecule has 0 unspecified atom stereocenters. The molecule has 0 saturated carbocycles. The Hall–Kier alpha value is -3.12. The molecule has 0 heterocycles. The third-order valence-electron chi connectivity index (χ3n) is 7.15. The number of hydrogen-bond donors (Lipinski definition) is 0. The van der Waals surface area contributed by atoms with Crippen LogP contribution in [0.3, 0.4) is 0 Å². The monoisotopic (exact) mass is 416 g/mol. The van der Waals surface area contributed by atoms with Gasteiger partial charge in [-0.15, -0.1) is 0 Å². The van der Waals surface area contributed by atoms with Gasteiger partial charge in [-0.05, 0) is 72.6 Å². The minimum absolute atomic E-state index is 0.291. The first-order chi connectivity index (χ1) is 15.6. The van der Waals surface area contributed by atoms with Crippen LogP contribution in [0, 0.1) is 20.8 Å². The van der Waals surface area contributed by atoms with E-state index in [1.807, 2.05) is 0 Å². The fourth-order valence-electron chi connectivity index (χ4n) is 5.58. The van der Waals surface area contributed by atoms with Gasteiger partial charge >= 0.3 is 0 Å². The van der Waals surface area contributed by atoms with Gasteiger partial charge in [-0.1, -0.05) is 115 Å². The first-order valence-corrected chi connectivity index (χ1v) is 11.9. The van der Waals surface area contributed by atoms with Gasteiger partial charge in [-0.3, -0.25) is 0 Å². The highest BCUT2D eigenvalue weighted by molar-refractivity contribution is 5.87. The van der Waals surface area contributed by atoms with Gasteiger partial charge in [-0.25, -0.2) is 0 Å². The summed E-state index contributed by atoms with van der Waals surface area (Å²) in [6.45, 7) is 8.90. The molecule has 0 N–H and O–H groups in total. The van der Waals surface area contributed by atoms with Gasteiger partial charge in [0.05, 0.1) is 5.41 Å². The first-order valence-electron chi connectivity index (χ1n) is 11.9. The summed E-state index contributed by atoms with van der Waals surface area (Å²) in [5, 5.41) is 0. The highest BCUT2D eigenvalue weighted by atomic mass is 14.5. The molecule has 4 aromatic carbocycles. The number of aryl methyl sites for hydroxylation is 4. The Morgan fingerprint density at radius 1 is 0.594 bits per heavy atom. The predicted octanol–water partition coefficient (Wildman–Crippen LogP) is 8.32. The lowest BCUT2D eigenvalue weighted by molar-refractivity contribution is 0.727. The van der Waals surface area contributed by atoms with Crippen molar-refractivity contribution in [2.45, 2.75) is 52.4 Å². The zero-order valence-electron chi connectivity index (χ0n) is 19.7. The molecular weight excluding hydrogens is 384 g/mol. The maximum Gasteiger partial charge on any atom is 0.0716 e. The SMILES string of the molecule is CCCCc1ccccc1C1(c2ccc(C)cc2)c2cc(C)ccc2-c2ccc(C)cc21. The summed E-state index contributed by atoms with van der Waals surface area (Å²) in [4.78, 5) is 0. The molecule has 0 amide bonds.